The van der Waals surface area contributed by atoms with Crippen LogP contribution in [0.3, 0.4) is 0 Å². The number of benzene rings is 1. The molecule has 0 saturated heterocycles. The maximum absolute atomic E-state index is 13.4. The minimum Gasteiger partial charge on any atom is -0.343 e. The number of aromatic nitrogens is 4. The lowest BCUT2D eigenvalue weighted by molar-refractivity contribution is 0.408. The molecule has 0 amide bonds. The summed E-state index contributed by atoms with van der Waals surface area (Å²) in [6.45, 7) is 0.603. The Hall–Kier alpha value is -1.95. The van der Waals surface area contributed by atoms with Crippen molar-refractivity contribution < 1.29 is 8.91 Å². The van der Waals surface area contributed by atoms with Crippen LogP contribution in [-0.2, 0) is 19.4 Å². The topological polar surface area (TPSA) is 56.7 Å². The van der Waals surface area contributed by atoms with Gasteiger partial charge in [-0.2, -0.15) is 4.98 Å². The Morgan fingerprint density at radius 1 is 1.30 bits per heavy atom. The molecule has 3 rings (SSSR count). The van der Waals surface area contributed by atoms with E-state index < -0.39 is 0 Å². The van der Waals surface area contributed by atoms with E-state index >= 15 is 0 Å². The summed E-state index contributed by atoms with van der Waals surface area (Å²) in [5.74, 6) is 1.63. The van der Waals surface area contributed by atoms with E-state index in [-0.39, 0.29) is 5.82 Å². The van der Waals surface area contributed by atoms with Gasteiger partial charge in [-0.15, -0.1) is 11.6 Å². The molecule has 0 unspecified atom stereocenters. The number of hydrogen-bond donors (Lipinski definition) is 0. The zero-order valence-corrected chi connectivity index (χ0v) is 11.3. The maximum Gasteiger partial charge on any atom is 0.213 e. The predicted octanol–water partition coefficient (Wildman–Crippen LogP) is 2.58. The molecule has 0 spiro atoms. The number of rotatable bonds is 5. The quantitative estimate of drug-likeness (QED) is 0.679. The molecule has 104 valence electrons. The second kappa shape index (κ2) is 5.58. The van der Waals surface area contributed by atoms with Gasteiger partial charge in [0, 0.05) is 25.3 Å². The SMILES string of the molecule is Fc1ccc2nc(CCCl)n(CCc3ncon3)c2c1. The van der Waals surface area contributed by atoms with Crippen molar-refractivity contribution in [3.05, 3.63) is 42.1 Å². The van der Waals surface area contributed by atoms with Crippen molar-refractivity contribution in [2.24, 2.45) is 0 Å². The summed E-state index contributed by atoms with van der Waals surface area (Å²) in [6.07, 6.45) is 2.51. The van der Waals surface area contributed by atoms with Crippen LogP contribution in [0.4, 0.5) is 4.39 Å². The zero-order chi connectivity index (χ0) is 13.9. The molecular weight excluding hydrogens is 283 g/mol. The van der Waals surface area contributed by atoms with Gasteiger partial charge >= 0.3 is 0 Å². The normalized spacial score (nSPS) is 11.3. The fourth-order valence-corrected chi connectivity index (χ4v) is 2.35. The second-order valence-corrected chi connectivity index (χ2v) is 4.73. The number of alkyl halides is 1. The van der Waals surface area contributed by atoms with Crippen molar-refractivity contribution in [1.29, 1.82) is 0 Å². The Kier molecular flexibility index (Phi) is 3.64. The summed E-state index contributed by atoms with van der Waals surface area (Å²) in [5.41, 5.74) is 1.52. The number of halogens is 2. The number of hydrogen-bond acceptors (Lipinski definition) is 4. The highest BCUT2D eigenvalue weighted by atomic mass is 35.5. The first-order valence-corrected chi connectivity index (χ1v) is 6.77. The molecule has 1 aromatic carbocycles. The molecule has 2 aromatic heterocycles. The van der Waals surface area contributed by atoms with E-state index in [1.165, 1.54) is 18.5 Å². The van der Waals surface area contributed by atoms with Crippen LogP contribution in [0.5, 0.6) is 0 Å². The van der Waals surface area contributed by atoms with Crippen molar-refractivity contribution in [3.8, 4) is 0 Å². The average Bonchev–Trinajstić information content (AvgIpc) is 3.04. The lowest BCUT2D eigenvalue weighted by atomic mass is 10.3. The van der Waals surface area contributed by atoms with Crippen LogP contribution >= 0.6 is 11.6 Å². The molecule has 0 bridgehead atoms. The number of imidazole rings is 1. The summed E-state index contributed by atoms with van der Waals surface area (Å²) in [5, 5.41) is 3.77. The highest BCUT2D eigenvalue weighted by Gasteiger charge is 2.12. The minimum absolute atomic E-state index is 0.282. The van der Waals surface area contributed by atoms with E-state index in [1.54, 1.807) is 6.07 Å². The van der Waals surface area contributed by atoms with Crippen molar-refractivity contribution in [2.75, 3.05) is 5.88 Å². The molecule has 20 heavy (non-hydrogen) atoms. The highest BCUT2D eigenvalue weighted by Crippen LogP contribution is 2.19. The van der Waals surface area contributed by atoms with E-state index in [9.17, 15) is 4.39 Å². The molecule has 7 heteroatoms. The molecule has 3 aromatic rings. The van der Waals surface area contributed by atoms with Crippen LogP contribution in [-0.4, -0.2) is 25.6 Å². The van der Waals surface area contributed by atoms with Crippen molar-refractivity contribution in [3.63, 3.8) is 0 Å². The third kappa shape index (κ3) is 2.51. The van der Waals surface area contributed by atoms with Crippen LogP contribution in [0.25, 0.3) is 11.0 Å². The summed E-state index contributed by atoms with van der Waals surface area (Å²) in [4.78, 5) is 8.47. The average molecular weight is 295 g/mol. The summed E-state index contributed by atoms with van der Waals surface area (Å²) in [6, 6.07) is 4.56. The summed E-state index contributed by atoms with van der Waals surface area (Å²) < 4.78 is 20.1. The van der Waals surface area contributed by atoms with E-state index in [0.29, 0.717) is 31.1 Å². The minimum atomic E-state index is -0.282. The number of aryl methyl sites for hydroxylation is 3. The standard InChI is InChI=1S/C13H12ClFN4O/c14-5-3-13-17-10-2-1-9(15)7-11(10)19(13)6-4-12-16-8-20-18-12/h1-2,7-8H,3-6H2. The molecule has 5 nitrogen and oxygen atoms in total. The number of nitrogens with zero attached hydrogens (tertiary/aromatic N) is 4. The Morgan fingerprint density at radius 3 is 2.95 bits per heavy atom. The lowest BCUT2D eigenvalue weighted by Crippen LogP contribution is -2.07. The Balaban J connectivity index is 1.96. The van der Waals surface area contributed by atoms with Crippen molar-refractivity contribution >= 4 is 22.6 Å². The highest BCUT2D eigenvalue weighted by molar-refractivity contribution is 6.17. The van der Waals surface area contributed by atoms with Crippen LogP contribution in [0.1, 0.15) is 11.6 Å². The first-order valence-electron chi connectivity index (χ1n) is 6.24. The van der Waals surface area contributed by atoms with Gasteiger partial charge < -0.3 is 9.09 Å². The van der Waals surface area contributed by atoms with Gasteiger partial charge in [-0.25, -0.2) is 9.37 Å². The van der Waals surface area contributed by atoms with Gasteiger partial charge in [-0.3, -0.25) is 0 Å². The van der Waals surface area contributed by atoms with E-state index in [1.807, 2.05) is 4.57 Å². The van der Waals surface area contributed by atoms with E-state index in [0.717, 1.165) is 16.9 Å². The van der Waals surface area contributed by atoms with Gasteiger partial charge in [0.2, 0.25) is 6.39 Å². The van der Waals surface area contributed by atoms with Gasteiger partial charge in [-0.05, 0) is 18.2 Å². The largest absolute Gasteiger partial charge is 0.343 e. The molecule has 0 fully saturated rings. The van der Waals surface area contributed by atoms with Crippen LogP contribution in [0.2, 0.25) is 0 Å². The summed E-state index contributed by atoms with van der Waals surface area (Å²) >= 11 is 5.80. The van der Waals surface area contributed by atoms with Crippen molar-refractivity contribution in [2.45, 2.75) is 19.4 Å². The third-order valence-corrected chi connectivity index (χ3v) is 3.26. The third-order valence-electron chi connectivity index (χ3n) is 3.07. The molecule has 0 atom stereocenters. The Morgan fingerprint density at radius 2 is 2.20 bits per heavy atom. The molecule has 0 aliphatic rings. The van der Waals surface area contributed by atoms with Crippen LogP contribution in [0.15, 0.2) is 29.1 Å². The second-order valence-electron chi connectivity index (χ2n) is 4.35. The Bertz CT molecular complexity index is 711. The Labute approximate surface area is 119 Å². The van der Waals surface area contributed by atoms with Gasteiger partial charge in [-0.1, -0.05) is 5.16 Å². The zero-order valence-electron chi connectivity index (χ0n) is 10.6. The smallest absolute Gasteiger partial charge is 0.213 e. The maximum atomic E-state index is 13.4. The molecule has 0 aliphatic heterocycles. The fourth-order valence-electron chi connectivity index (χ4n) is 2.19. The van der Waals surface area contributed by atoms with Gasteiger partial charge in [0.15, 0.2) is 5.82 Å². The van der Waals surface area contributed by atoms with Crippen molar-refractivity contribution in [1.82, 2.24) is 19.7 Å². The first-order chi connectivity index (χ1) is 9.78. The van der Waals surface area contributed by atoms with Gasteiger partial charge in [0.25, 0.3) is 0 Å². The molecule has 0 radical (unpaired) electrons. The van der Waals surface area contributed by atoms with E-state index in [4.69, 9.17) is 16.1 Å². The van der Waals surface area contributed by atoms with Gasteiger partial charge in [0.1, 0.15) is 11.6 Å². The lowest BCUT2D eigenvalue weighted by Gasteiger charge is -2.06. The predicted molar refractivity (Wildman–Crippen MR) is 72.1 cm³/mol. The fraction of sp³-hybridized carbons (Fsp3) is 0.308. The molecule has 0 saturated carbocycles. The van der Waals surface area contributed by atoms with Crippen LogP contribution < -0.4 is 0 Å². The number of fused-ring (bicyclic) bond motifs is 1. The molecule has 0 N–H and O–H groups in total. The monoisotopic (exact) mass is 294 g/mol. The molecular formula is C13H12ClFN4O. The first kappa shape index (κ1) is 13.1. The molecule has 2 heterocycles. The van der Waals surface area contributed by atoms with Gasteiger partial charge in [0.05, 0.1) is 11.0 Å². The van der Waals surface area contributed by atoms with E-state index in [2.05, 4.69) is 15.1 Å². The van der Waals surface area contributed by atoms with Crippen LogP contribution in [0, 0.1) is 5.82 Å². The summed E-state index contributed by atoms with van der Waals surface area (Å²) in [7, 11) is 0. The molecule has 0 aliphatic carbocycles.